The molecule has 2 saturated heterocycles. The zero-order chi connectivity index (χ0) is 25.4. The second-order valence-electron chi connectivity index (χ2n) is 8.57. The topological polar surface area (TPSA) is 88.1 Å². The molecule has 35 heavy (non-hydrogen) atoms. The quantitative estimate of drug-likeness (QED) is 0.437. The van der Waals surface area contributed by atoms with Gasteiger partial charge in [-0.1, -0.05) is 24.8 Å². The van der Waals surface area contributed by atoms with Crippen molar-refractivity contribution in [1.29, 1.82) is 0 Å². The number of benzene rings is 2. The zero-order valence-electron chi connectivity index (χ0n) is 19.6. The molecule has 1 unspecified atom stereocenters. The van der Waals surface area contributed by atoms with Gasteiger partial charge in [-0.2, -0.15) is 0 Å². The fourth-order valence-corrected chi connectivity index (χ4v) is 4.68. The van der Waals surface area contributed by atoms with E-state index in [1.165, 1.54) is 12.1 Å². The van der Waals surface area contributed by atoms with Crippen molar-refractivity contribution in [3.05, 3.63) is 71.4 Å². The number of likely N-dealkylation sites (tertiary alicyclic amines) is 1. The summed E-state index contributed by atoms with van der Waals surface area (Å²) in [6.07, 6.45) is 2.66. The van der Waals surface area contributed by atoms with Crippen molar-refractivity contribution in [2.75, 3.05) is 26.3 Å². The maximum Gasteiger partial charge on any atom is 0.290 e. The number of carbonyl (C=O) groups is 2. The van der Waals surface area contributed by atoms with E-state index in [1.54, 1.807) is 0 Å². The third kappa shape index (κ3) is 6.43. The first-order valence-electron chi connectivity index (χ1n) is 11.4. The average molecular weight is 489 g/mol. The Balaban J connectivity index is 0.00000108. The van der Waals surface area contributed by atoms with E-state index < -0.39 is 17.4 Å². The SMILES string of the molecule is C=C(Cc1ccc(-c2ccc(F)cc2F)cc1CCNC=O)N1CC2(CC1C)OCCO2.O=CO. The third-order valence-electron chi connectivity index (χ3n) is 6.23. The zero-order valence-corrected chi connectivity index (χ0v) is 19.6. The van der Waals surface area contributed by atoms with Crippen molar-refractivity contribution in [3.8, 4) is 11.1 Å². The molecule has 1 spiro atoms. The summed E-state index contributed by atoms with van der Waals surface area (Å²) in [5, 5.41) is 9.57. The van der Waals surface area contributed by atoms with Crippen LogP contribution in [-0.2, 0) is 31.9 Å². The molecule has 2 aliphatic rings. The number of nitrogens with one attached hydrogen (secondary N) is 1. The second kappa shape index (κ2) is 11.9. The van der Waals surface area contributed by atoms with Crippen molar-refractivity contribution in [2.45, 2.75) is 38.0 Å². The first-order valence-corrected chi connectivity index (χ1v) is 11.4. The molecule has 188 valence electrons. The van der Waals surface area contributed by atoms with Crippen LogP contribution in [0.2, 0.25) is 0 Å². The van der Waals surface area contributed by atoms with Gasteiger partial charge in [0.1, 0.15) is 11.6 Å². The summed E-state index contributed by atoms with van der Waals surface area (Å²) in [4.78, 5) is 21.3. The van der Waals surface area contributed by atoms with E-state index in [4.69, 9.17) is 19.4 Å². The van der Waals surface area contributed by atoms with Crippen LogP contribution >= 0.6 is 0 Å². The Morgan fingerprint density at radius 2 is 1.91 bits per heavy atom. The molecular formula is C26H30F2N2O5. The Labute approximate surface area is 203 Å². The molecular weight excluding hydrogens is 458 g/mol. The monoisotopic (exact) mass is 488 g/mol. The lowest BCUT2D eigenvalue weighted by Gasteiger charge is -2.27. The second-order valence-corrected chi connectivity index (χ2v) is 8.57. The molecule has 2 fully saturated rings. The van der Waals surface area contributed by atoms with Crippen molar-refractivity contribution in [2.24, 2.45) is 0 Å². The normalized spacial score (nSPS) is 18.1. The van der Waals surface area contributed by atoms with Crippen LogP contribution in [0.15, 0.2) is 48.7 Å². The van der Waals surface area contributed by atoms with Gasteiger partial charge in [-0.25, -0.2) is 8.78 Å². The van der Waals surface area contributed by atoms with E-state index in [0.29, 0.717) is 56.7 Å². The van der Waals surface area contributed by atoms with Crippen molar-refractivity contribution >= 4 is 12.9 Å². The lowest BCUT2D eigenvalue weighted by atomic mass is 9.94. The number of halogens is 2. The van der Waals surface area contributed by atoms with Crippen LogP contribution in [-0.4, -0.2) is 61.0 Å². The van der Waals surface area contributed by atoms with Gasteiger partial charge in [0.05, 0.1) is 19.8 Å². The molecule has 2 aromatic rings. The van der Waals surface area contributed by atoms with E-state index in [1.807, 2.05) is 18.2 Å². The highest BCUT2D eigenvalue weighted by atomic mass is 19.1. The molecule has 2 heterocycles. The van der Waals surface area contributed by atoms with Gasteiger partial charge in [0, 0.05) is 42.8 Å². The van der Waals surface area contributed by atoms with Crippen molar-refractivity contribution in [3.63, 3.8) is 0 Å². The molecule has 2 N–H and O–H groups in total. The van der Waals surface area contributed by atoms with Crippen LogP contribution in [0.25, 0.3) is 11.1 Å². The molecule has 0 aliphatic carbocycles. The maximum absolute atomic E-state index is 14.3. The minimum atomic E-state index is -0.609. The molecule has 0 bridgehead atoms. The average Bonchev–Trinajstić information content (AvgIpc) is 3.41. The minimum Gasteiger partial charge on any atom is -0.483 e. The van der Waals surface area contributed by atoms with Gasteiger partial charge in [-0.3, -0.25) is 9.59 Å². The summed E-state index contributed by atoms with van der Waals surface area (Å²) >= 11 is 0. The standard InChI is InChI=1S/C25H28F2N2O3.CH2O2/c1-17(29-15-25(14-18(29)2)31-9-10-32-25)11-19-3-4-21(12-20(19)7-8-28-16-30)23-6-5-22(26)13-24(23)27;2-1-3/h3-6,12-13,16,18H,1,7-11,14-15H2,2H3,(H,28,30);1H,(H,2,3). The first kappa shape index (κ1) is 26.3. The summed E-state index contributed by atoms with van der Waals surface area (Å²) in [7, 11) is 0. The highest BCUT2D eigenvalue weighted by Gasteiger charge is 2.47. The van der Waals surface area contributed by atoms with Crippen LogP contribution in [0, 0.1) is 11.6 Å². The van der Waals surface area contributed by atoms with E-state index in [9.17, 15) is 13.6 Å². The van der Waals surface area contributed by atoms with E-state index in [-0.39, 0.29) is 12.5 Å². The molecule has 7 nitrogen and oxygen atoms in total. The highest BCUT2D eigenvalue weighted by molar-refractivity contribution is 5.66. The number of ether oxygens (including phenoxy) is 2. The molecule has 1 amide bonds. The summed E-state index contributed by atoms with van der Waals surface area (Å²) in [6.45, 7) is 8.54. The predicted molar refractivity (Wildman–Crippen MR) is 127 cm³/mol. The lowest BCUT2D eigenvalue weighted by Crippen LogP contribution is -2.34. The van der Waals surface area contributed by atoms with Gasteiger partial charge in [-0.05, 0) is 42.2 Å². The van der Waals surface area contributed by atoms with Gasteiger partial charge in [0.2, 0.25) is 6.41 Å². The Morgan fingerprint density at radius 1 is 1.20 bits per heavy atom. The summed E-state index contributed by atoms with van der Waals surface area (Å²) in [5.41, 5.74) is 4.00. The molecule has 0 saturated carbocycles. The third-order valence-corrected chi connectivity index (χ3v) is 6.23. The number of hydrogen-bond donors (Lipinski definition) is 2. The van der Waals surface area contributed by atoms with Crippen LogP contribution in [0.3, 0.4) is 0 Å². The van der Waals surface area contributed by atoms with E-state index in [2.05, 4.69) is 23.7 Å². The Bertz CT molecular complexity index is 1060. The predicted octanol–water partition coefficient (Wildman–Crippen LogP) is 3.51. The van der Waals surface area contributed by atoms with Crippen LogP contribution in [0.4, 0.5) is 8.78 Å². The van der Waals surface area contributed by atoms with Crippen molar-refractivity contribution in [1.82, 2.24) is 10.2 Å². The lowest BCUT2D eigenvalue weighted by molar-refractivity contribution is -0.144. The van der Waals surface area contributed by atoms with E-state index in [0.717, 1.165) is 29.3 Å². The van der Waals surface area contributed by atoms with Gasteiger partial charge >= 0.3 is 0 Å². The van der Waals surface area contributed by atoms with Gasteiger partial charge in [0.25, 0.3) is 6.47 Å². The number of nitrogens with zero attached hydrogens (tertiary/aromatic N) is 1. The highest BCUT2D eigenvalue weighted by Crippen LogP contribution is 2.37. The fourth-order valence-electron chi connectivity index (χ4n) is 4.68. The van der Waals surface area contributed by atoms with Gasteiger partial charge in [0.15, 0.2) is 5.79 Å². The van der Waals surface area contributed by atoms with E-state index >= 15 is 0 Å². The minimum absolute atomic E-state index is 0.244. The molecule has 1 atom stereocenters. The summed E-state index contributed by atoms with van der Waals surface area (Å²) in [5.74, 6) is -1.75. The summed E-state index contributed by atoms with van der Waals surface area (Å²) < 4.78 is 39.4. The van der Waals surface area contributed by atoms with Gasteiger partial charge in [-0.15, -0.1) is 0 Å². The Hall–Kier alpha value is -3.30. The Kier molecular flexibility index (Phi) is 8.95. The smallest absolute Gasteiger partial charge is 0.290 e. The van der Waals surface area contributed by atoms with Crippen LogP contribution in [0.5, 0.6) is 0 Å². The maximum atomic E-state index is 14.3. The largest absolute Gasteiger partial charge is 0.483 e. The number of amides is 1. The molecule has 9 heteroatoms. The molecule has 4 rings (SSSR count). The van der Waals surface area contributed by atoms with Crippen LogP contribution in [0.1, 0.15) is 24.5 Å². The first-order chi connectivity index (χ1) is 16.8. The number of hydrogen-bond acceptors (Lipinski definition) is 5. The fraction of sp³-hybridized carbons (Fsp3) is 0.385. The summed E-state index contributed by atoms with van der Waals surface area (Å²) in [6, 6.07) is 9.53. The number of carbonyl (C=O) groups excluding carboxylic acids is 1. The molecule has 0 aromatic heterocycles. The van der Waals surface area contributed by atoms with Crippen LogP contribution < -0.4 is 5.32 Å². The number of allylic oxidation sites excluding steroid dienone is 1. The molecule has 0 radical (unpaired) electrons. The van der Waals surface area contributed by atoms with Gasteiger partial charge < -0.3 is 24.8 Å². The number of carboxylic acid groups (broad SMARTS) is 1. The van der Waals surface area contributed by atoms with Crippen molar-refractivity contribution < 1.29 is 33.0 Å². The molecule has 2 aliphatic heterocycles. The molecule has 2 aromatic carbocycles. The Morgan fingerprint density at radius 3 is 2.57 bits per heavy atom. The number of rotatable bonds is 8.